The Morgan fingerprint density at radius 3 is 1.19 bits per heavy atom. The predicted octanol–water partition coefficient (Wildman–Crippen LogP) is 10.1. The van der Waals surface area contributed by atoms with Crippen molar-refractivity contribution in [3.8, 4) is 0 Å². The molecule has 0 unspecified atom stereocenters. The zero-order valence-electron chi connectivity index (χ0n) is 18.5. The van der Waals surface area contributed by atoms with Crippen molar-refractivity contribution in [1.29, 1.82) is 0 Å². The monoisotopic (exact) mass is 383 g/mol. The smallest absolute Gasteiger partial charge is 0.0166 e. The van der Waals surface area contributed by atoms with Crippen LogP contribution in [0.3, 0.4) is 0 Å². The maximum atomic E-state index is 2.48. The van der Waals surface area contributed by atoms with E-state index >= 15 is 0 Å². The van der Waals surface area contributed by atoms with Crippen molar-refractivity contribution in [2.24, 2.45) is 0 Å². The molecule has 0 amide bonds. The molecule has 0 aliphatic rings. The quantitative estimate of drug-likeness (QED) is 0.158. The van der Waals surface area contributed by atoms with Crippen LogP contribution in [0.15, 0.2) is 0 Å². The summed E-state index contributed by atoms with van der Waals surface area (Å²) in [5, 5.41) is 0. The van der Waals surface area contributed by atoms with Crippen LogP contribution in [-0.4, -0.2) is 5.75 Å². The Bertz CT molecular complexity index is 202. The molecule has 0 saturated carbocycles. The van der Waals surface area contributed by atoms with E-state index in [1.807, 2.05) is 0 Å². The lowest BCUT2D eigenvalue weighted by molar-refractivity contribution is 0.557. The van der Waals surface area contributed by atoms with Crippen LogP contribution in [0.25, 0.3) is 0 Å². The lowest BCUT2D eigenvalue weighted by atomic mass is 10.1. The molecule has 0 spiro atoms. The molecular weight excluding hydrogens is 332 g/mol. The van der Waals surface area contributed by atoms with E-state index in [0.717, 1.165) is 0 Å². The van der Waals surface area contributed by atoms with Gasteiger partial charge in [-0.3, -0.25) is 0 Å². The van der Waals surface area contributed by atoms with Gasteiger partial charge in [0, 0.05) is 5.75 Å². The van der Waals surface area contributed by atoms with Crippen molar-refractivity contribution >= 4 is 11.8 Å². The Morgan fingerprint density at radius 2 is 0.769 bits per heavy atom. The first-order valence-corrected chi connectivity index (χ1v) is 13.4. The van der Waals surface area contributed by atoms with Gasteiger partial charge < -0.3 is 0 Å². The van der Waals surface area contributed by atoms with Crippen LogP contribution < -0.4 is 0 Å². The molecule has 0 rings (SSSR count). The predicted molar refractivity (Wildman–Crippen MR) is 125 cm³/mol. The van der Waals surface area contributed by atoms with Crippen LogP contribution in [0.4, 0.5) is 0 Å². The number of hydrogen-bond acceptors (Lipinski definition) is 1. The summed E-state index contributed by atoms with van der Waals surface area (Å²) in [5.74, 6) is 3.84. The lowest BCUT2D eigenvalue weighted by Gasteiger charge is -2.04. The normalized spacial score (nSPS) is 11.3. The van der Waals surface area contributed by atoms with Gasteiger partial charge in [-0.25, -0.2) is 0 Å². The molecule has 0 fully saturated rings. The fraction of sp³-hybridized carbons (Fsp3) is 0.960. The third-order valence-electron chi connectivity index (χ3n) is 5.41. The molecule has 0 bridgehead atoms. The second-order valence-corrected chi connectivity index (χ2v) is 9.27. The van der Waals surface area contributed by atoms with E-state index in [0.29, 0.717) is 0 Å². The highest BCUT2D eigenvalue weighted by atomic mass is 32.2. The summed E-state index contributed by atoms with van der Waals surface area (Å²) in [4.78, 5) is 0. The second-order valence-electron chi connectivity index (χ2n) is 8.19. The second kappa shape index (κ2) is 25.4. The number of hydrogen-bond donors (Lipinski definition) is 0. The minimum absolute atomic E-state index is 1.33. The highest BCUT2D eigenvalue weighted by molar-refractivity contribution is 8.01. The molecule has 0 N–H and O–H groups in total. The molecular formula is C25H51S. The third-order valence-corrected chi connectivity index (χ3v) is 6.40. The Balaban J connectivity index is 2.95. The summed E-state index contributed by atoms with van der Waals surface area (Å²) in [6, 6.07) is 0. The molecule has 0 atom stereocenters. The first kappa shape index (κ1) is 26.4. The molecule has 0 heterocycles. The standard InChI is InChI=1S/C25H51S/c1-3-5-7-9-11-13-15-17-19-21-23-25-26-24-22-20-18-16-14-12-10-8-6-4-2/h25H,3-24H2,1-2H3. The number of unbranched alkanes of at least 4 members (excludes halogenated alkanes) is 19. The Hall–Kier alpha value is 0.350. The largest absolute Gasteiger partial charge is 0.157 e. The van der Waals surface area contributed by atoms with Crippen molar-refractivity contribution in [2.75, 3.05) is 5.75 Å². The van der Waals surface area contributed by atoms with Crippen molar-refractivity contribution in [3.05, 3.63) is 5.75 Å². The highest BCUT2D eigenvalue weighted by Crippen LogP contribution is 2.17. The summed E-state index contributed by atoms with van der Waals surface area (Å²) in [6.45, 7) is 4.60. The SMILES string of the molecule is CCCCCCCCCCCC[CH]SCCCCCCCCCCCC. The minimum Gasteiger partial charge on any atom is -0.157 e. The summed E-state index contributed by atoms with van der Waals surface area (Å²) in [7, 11) is 0. The Kier molecular flexibility index (Phi) is 25.7. The lowest BCUT2D eigenvalue weighted by Crippen LogP contribution is -1.85. The fourth-order valence-corrected chi connectivity index (χ4v) is 4.43. The van der Waals surface area contributed by atoms with Gasteiger partial charge in [0.1, 0.15) is 0 Å². The molecule has 0 aromatic heterocycles. The molecule has 1 heteroatoms. The van der Waals surface area contributed by atoms with E-state index < -0.39 is 0 Å². The zero-order chi connectivity index (χ0) is 19.0. The van der Waals surface area contributed by atoms with Gasteiger partial charge in [0.05, 0.1) is 0 Å². The van der Waals surface area contributed by atoms with Crippen LogP contribution >= 0.6 is 11.8 Å². The highest BCUT2D eigenvalue weighted by Gasteiger charge is 1.96. The Morgan fingerprint density at radius 1 is 0.423 bits per heavy atom. The molecule has 0 aliphatic carbocycles. The van der Waals surface area contributed by atoms with Gasteiger partial charge in [-0.15, -0.1) is 0 Å². The number of rotatable bonds is 23. The van der Waals surface area contributed by atoms with Gasteiger partial charge in [0.15, 0.2) is 0 Å². The molecule has 26 heavy (non-hydrogen) atoms. The molecule has 0 saturated heterocycles. The van der Waals surface area contributed by atoms with Gasteiger partial charge in [-0.2, -0.15) is 11.8 Å². The average Bonchev–Trinajstić information content (AvgIpc) is 2.66. The molecule has 0 nitrogen and oxygen atoms in total. The van der Waals surface area contributed by atoms with Gasteiger partial charge in [-0.05, 0) is 18.6 Å². The average molecular weight is 384 g/mol. The Labute approximate surface area is 172 Å². The third kappa shape index (κ3) is 24.4. The first-order chi connectivity index (χ1) is 12.9. The summed E-state index contributed by atoms with van der Waals surface area (Å²) < 4.78 is 0. The van der Waals surface area contributed by atoms with E-state index in [9.17, 15) is 0 Å². The summed E-state index contributed by atoms with van der Waals surface area (Å²) in [6.07, 6.45) is 30.3. The van der Waals surface area contributed by atoms with E-state index in [4.69, 9.17) is 0 Å². The molecule has 157 valence electrons. The summed E-state index contributed by atoms with van der Waals surface area (Å²) in [5.41, 5.74) is 0. The number of thioether (sulfide) groups is 1. The maximum Gasteiger partial charge on any atom is 0.0166 e. The van der Waals surface area contributed by atoms with Crippen LogP contribution in [0.1, 0.15) is 149 Å². The van der Waals surface area contributed by atoms with E-state index in [2.05, 4.69) is 31.4 Å². The van der Waals surface area contributed by atoms with Crippen LogP contribution in [0.5, 0.6) is 0 Å². The maximum absolute atomic E-state index is 2.48. The van der Waals surface area contributed by atoms with Gasteiger partial charge >= 0.3 is 0 Å². The van der Waals surface area contributed by atoms with E-state index in [1.165, 1.54) is 141 Å². The van der Waals surface area contributed by atoms with Crippen molar-refractivity contribution < 1.29 is 0 Å². The van der Waals surface area contributed by atoms with Gasteiger partial charge in [0.2, 0.25) is 0 Å². The molecule has 1 radical (unpaired) electrons. The fourth-order valence-electron chi connectivity index (χ4n) is 3.55. The van der Waals surface area contributed by atoms with Crippen LogP contribution in [0.2, 0.25) is 0 Å². The van der Waals surface area contributed by atoms with E-state index in [1.54, 1.807) is 0 Å². The zero-order valence-corrected chi connectivity index (χ0v) is 19.4. The summed E-state index contributed by atoms with van der Waals surface area (Å²) >= 11 is 2.09. The first-order valence-electron chi connectivity index (χ1n) is 12.3. The van der Waals surface area contributed by atoms with Crippen LogP contribution in [-0.2, 0) is 0 Å². The van der Waals surface area contributed by atoms with Gasteiger partial charge in [-0.1, -0.05) is 136 Å². The minimum atomic E-state index is 1.33. The van der Waals surface area contributed by atoms with Crippen molar-refractivity contribution in [3.63, 3.8) is 0 Å². The van der Waals surface area contributed by atoms with E-state index in [-0.39, 0.29) is 0 Å². The van der Waals surface area contributed by atoms with Crippen molar-refractivity contribution in [1.82, 2.24) is 0 Å². The molecule has 0 aromatic rings. The van der Waals surface area contributed by atoms with Crippen LogP contribution in [0, 0.1) is 5.75 Å². The molecule has 0 aliphatic heterocycles. The molecule has 0 aromatic carbocycles. The van der Waals surface area contributed by atoms with Crippen molar-refractivity contribution in [2.45, 2.75) is 149 Å². The van der Waals surface area contributed by atoms with Gasteiger partial charge in [0.25, 0.3) is 0 Å². The topological polar surface area (TPSA) is 0 Å².